The molecule has 0 aromatic heterocycles. The first-order valence-electron chi connectivity index (χ1n) is 4.84. The van der Waals surface area contributed by atoms with Crippen molar-refractivity contribution in [2.75, 3.05) is 7.11 Å². The van der Waals surface area contributed by atoms with E-state index in [1.165, 1.54) is 7.11 Å². The average Bonchev–Trinajstić information content (AvgIpc) is 2.52. The summed E-state index contributed by atoms with van der Waals surface area (Å²) in [5, 5.41) is 0. The van der Waals surface area contributed by atoms with Gasteiger partial charge in [0.25, 0.3) is 0 Å². The number of carbonyl (C=O) groups is 1. The Bertz CT molecular complexity index is 451. The monoisotopic (exact) mass is 203 g/mol. The fourth-order valence-corrected chi connectivity index (χ4v) is 1.94. The molecule has 0 radical (unpaired) electrons. The van der Waals surface area contributed by atoms with E-state index >= 15 is 0 Å². The van der Waals surface area contributed by atoms with E-state index in [1.807, 2.05) is 38.1 Å². The summed E-state index contributed by atoms with van der Waals surface area (Å²) in [4.78, 5) is 16.2. The molecule has 1 aliphatic rings. The Hall–Kier alpha value is -1.64. The number of benzene rings is 1. The highest BCUT2D eigenvalue weighted by molar-refractivity contribution is 6.15. The van der Waals surface area contributed by atoms with Crippen molar-refractivity contribution in [3.63, 3.8) is 0 Å². The summed E-state index contributed by atoms with van der Waals surface area (Å²) in [6.07, 6.45) is 0. The van der Waals surface area contributed by atoms with E-state index in [-0.39, 0.29) is 5.97 Å². The maximum atomic E-state index is 11.8. The lowest BCUT2D eigenvalue weighted by Crippen LogP contribution is -2.38. The summed E-state index contributed by atoms with van der Waals surface area (Å²) in [5.74, 6) is -0.256. The van der Waals surface area contributed by atoms with E-state index in [4.69, 9.17) is 4.74 Å². The van der Waals surface area contributed by atoms with Gasteiger partial charge in [-0.1, -0.05) is 18.2 Å². The average molecular weight is 203 g/mol. The summed E-state index contributed by atoms with van der Waals surface area (Å²) in [6, 6.07) is 7.66. The molecule has 0 saturated carbocycles. The first-order chi connectivity index (χ1) is 7.10. The Morgan fingerprint density at radius 3 is 2.73 bits per heavy atom. The van der Waals surface area contributed by atoms with Crippen LogP contribution in [0.4, 0.5) is 5.69 Å². The van der Waals surface area contributed by atoms with Gasteiger partial charge in [0.2, 0.25) is 0 Å². The summed E-state index contributed by atoms with van der Waals surface area (Å²) >= 11 is 0. The maximum absolute atomic E-state index is 11.8. The van der Waals surface area contributed by atoms with Gasteiger partial charge in [-0.25, -0.2) is 0 Å². The van der Waals surface area contributed by atoms with Crippen molar-refractivity contribution in [3.05, 3.63) is 29.8 Å². The van der Waals surface area contributed by atoms with E-state index in [0.717, 1.165) is 17.0 Å². The topological polar surface area (TPSA) is 38.7 Å². The number of carbonyl (C=O) groups excluding carboxylic acids is 1. The summed E-state index contributed by atoms with van der Waals surface area (Å²) < 4.78 is 4.84. The van der Waals surface area contributed by atoms with Gasteiger partial charge in [-0.3, -0.25) is 9.79 Å². The number of nitrogens with zero attached hydrogens (tertiary/aromatic N) is 1. The van der Waals surface area contributed by atoms with Crippen LogP contribution in [-0.4, -0.2) is 18.8 Å². The fourth-order valence-electron chi connectivity index (χ4n) is 1.94. The molecule has 0 fully saturated rings. The highest BCUT2D eigenvalue weighted by atomic mass is 16.5. The number of hydrogen-bond donors (Lipinski definition) is 0. The molecular weight excluding hydrogens is 190 g/mol. The third-order valence-electron chi connectivity index (χ3n) is 3.05. The number of hydrogen-bond acceptors (Lipinski definition) is 3. The van der Waals surface area contributed by atoms with Gasteiger partial charge >= 0.3 is 5.97 Å². The van der Waals surface area contributed by atoms with E-state index < -0.39 is 5.41 Å². The molecule has 0 aliphatic carbocycles. The van der Waals surface area contributed by atoms with Gasteiger partial charge in [-0.15, -0.1) is 0 Å². The van der Waals surface area contributed by atoms with Gasteiger partial charge < -0.3 is 4.74 Å². The molecule has 15 heavy (non-hydrogen) atoms. The number of fused-ring (bicyclic) bond motifs is 1. The smallest absolute Gasteiger partial charge is 0.321 e. The molecule has 1 atom stereocenters. The zero-order valence-corrected chi connectivity index (χ0v) is 9.07. The van der Waals surface area contributed by atoms with Gasteiger partial charge in [-0.05, 0) is 19.9 Å². The molecule has 3 nitrogen and oxygen atoms in total. The third kappa shape index (κ3) is 1.19. The van der Waals surface area contributed by atoms with Crippen LogP contribution in [0, 0.1) is 0 Å². The lowest BCUT2D eigenvalue weighted by molar-refractivity contribution is -0.144. The van der Waals surface area contributed by atoms with Crippen molar-refractivity contribution in [2.45, 2.75) is 19.3 Å². The molecular formula is C12H13NO2. The van der Waals surface area contributed by atoms with Crippen LogP contribution in [-0.2, 0) is 14.9 Å². The van der Waals surface area contributed by atoms with Crippen molar-refractivity contribution in [1.82, 2.24) is 0 Å². The summed E-state index contributed by atoms with van der Waals surface area (Å²) in [7, 11) is 1.40. The van der Waals surface area contributed by atoms with Crippen molar-refractivity contribution in [3.8, 4) is 0 Å². The molecule has 2 rings (SSSR count). The number of ether oxygens (including phenoxy) is 1. The Kier molecular flexibility index (Phi) is 2.11. The third-order valence-corrected chi connectivity index (χ3v) is 3.05. The van der Waals surface area contributed by atoms with E-state index in [2.05, 4.69) is 4.99 Å². The van der Waals surface area contributed by atoms with Gasteiger partial charge in [0.05, 0.1) is 12.8 Å². The predicted molar refractivity (Wildman–Crippen MR) is 58.6 cm³/mol. The number of rotatable bonds is 1. The van der Waals surface area contributed by atoms with Crippen LogP contribution < -0.4 is 0 Å². The molecule has 0 unspecified atom stereocenters. The van der Waals surface area contributed by atoms with Crippen molar-refractivity contribution < 1.29 is 9.53 Å². The quantitative estimate of drug-likeness (QED) is 0.656. The molecule has 3 heteroatoms. The lowest BCUT2D eigenvalue weighted by Gasteiger charge is -2.22. The van der Waals surface area contributed by atoms with Crippen LogP contribution in [0.25, 0.3) is 0 Å². The molecule has 0 amide bonds. The SMILES string of the molecule is COC(=O)[C@]1(C)C(C)=Nc2ccccc21. The number of methoxy groups -OCH3 is 1. The largest absolute Gasteiger partial charge is 0.468 e. The minimum atomic E-state index is -0.717. The molecule has 0 saturated heterocycles. The van der Waals surface area contributed by atoms with Crippen molar-refractivity contribution in [2.24, 2.45) is 4.99 Å². The van der Waals surface area contributed by atoms with Gasteiger partial charge in [0, 0.05) is 11.3 Å². The van der Waals surface area contributed by atoms with E-state index in [9.17, 15) is 4.79 Å². The molecule has 78 valence electrons. The molecule has 0 bridgehead atoms. The maximum Gasteiger partial charge on any atom is 0.321 e. The first-order valence-corrected chi connectivity index (χ1v) is 4.84. The Morgan fingerprint density at radius 2 is 2.07 bits per heavy atom. The minimum absolute atomic E-state index is 0.256. The first kappa shape index (κ1) is 9.90. The number of aliphatic imine (C=N–C) groups is 1. The fraction of sp³-hybridized carbons (Fsp3) is 0.333. The molecule has 1 aromatic carbocycles. The molecule has 0 N–H and O–H groups in total. The second kappa shape index (κ2) is 3.19. The van der Waals surface area contributed by atoms with Crippen LogP contribution in [0.15, 0.2) is 29.3 Å². The summed E-state index contributed by atoms with van der Waals surface area (Å²) in [5.41, 5.74) is 1.86. The highest BCUT2D eigenvalue weighted by Crippen LogP contribution is 2.40. The normalized spacial score (nSPS) is 23.3. The van der Waals surface area contributed by atoms with Crippen LogP contribution in [0.5, 0.6) is 0 Å². The summed E-state index contributed by atoms with van der Waals surface area (Å²) in [6.45, 7) is 3.71. The standard InChI is InChI=1S/C12H13NO2/c1-8-12(2,11(14)15-3)9-6-4-5-7-10(9)13-8/h4-7H,1-3H3/t12-/m1/s1. The second-order valence-corrected chi connectivity index (χ2v) is 3.83. The van der Waals surface area contributed by atoms with Crippen LogP contribution in [0.2, 0.25) is 0 Å². The van der Waals surface area contributed by atoms with Gasteiger partial charge in [-0.2, -0.15) is 0 Å². The van der Waals surface area contributed by atoms with Crippen LogP contribution >= 0.6 is 0 Å². The Labute approximate surface area is 88.8 Å². The van der Waals surface area contributed by atoms with Gasteiger partial charge in [0.15, 0.2) is 0 Å². The zero-order chi connectivity index (χ0) is 11.1. The second-order valence-electron chi connectivity index (χ2n) is 3.83. The van der Waals surface area contributed by atoms with Gasteiger partial charge in [0.1, 0.15) is 5.41 Å². The lowest BCUT2D eigenvalue weighted by atomic mass is 9.80. The Balaban J connectivity index is 2.61. The molecule has 1 heterocycles. The molecule has 1 aromatic rings. The minimum Gasteiger partial charge on any atom is -0.468 e. The molecule has 1 aliphatic heterocycles. The highest BCUT2D eigenvalue weighted by Gasteiger charge is 2.44. The zero-order valence-electron chi connectivity index (χ0n) is 9.07. The van der Waals surface area contributed by atoms with Crippen molar-refractivity contribution in [1.29, 1.82) is 0 Å². The van der Waals surface area contributed by atoms with E-state index in [1.54, 1.807) is 0 Å². The predicted octanol–water partition coefficient (Wildman–Crippen LogP) is 2.22. The Morgan fingerprint density at radius 1 is 1.40 bits per heavy atom. The van der Waals surface area contributed by atoms with Crippen LogP contribution in [0.3, 0.4) is 0 Å². The molecule has 0 spiro atoms. The van der Waals surface area contributed by atoms with E-state index in [0.29, 0.717) is 0 Å². The van der Waals surface area contributed by atoms with Crippen molar-refractivity contribution >= 4 is 17.4 Å². The van der Waals surface area contributed by atoms with Crippen LogP contribution in [0.1, 0.15) is 19.4 Å². The number of para-hydroxylation sites is 1. The number of esters is 1.